The Kier molecular flexibility index (Phi) is 7.40. The first-order valence-electron chi connectivity index (χ1n) is 5.01. The first-order valence-corrected chi connectivity index (χ1v) is 6.08. The van der Waals surface area contributed by atoms with E-state index in [-0.39, 0.29) is 0 Å². The highest BCUT2D eigenvalue weighted by molar-refractivity contribution is 6.26. The molecule has 0 saturated heterocycles. The Balaban J connectivity index is 5.43. The van der Waals surface area contributed by atoms with Gasteiger partial charge in [0.2, 0.25) is 6.29 Å². The summed E-state index contributed by atoms with van der Waals surface area (Å²) in [6.07, 6.45) is -7.00. The summed E-state index contributed by atoms with van der Waals surface area (Å²) in [4.78, 5) is 32.0. The van der Waals surface area contributed by atoms with Crippen LogP contribution >= 0.6 is 23.2 Å². The number of hydrogen-bond acceptors (Lipinski definition) is 8. The average molecular weight is 355 g/mol. The molecule has 1 unspecified atom stereocenters. The maximum atomic E-state index is 13.4. The molecule has 21 heavy (non-hydrogen) atoms. The molecule has 0 aromatic carbocycles. The summed E-state index contributed by atoms with van der Waals surface area (Å²) < 4.78 is 34.5. The van der Waals surface area contributed by atoms with Crippen molar-refractivity contribution in [1.82, 2.24) is 0 Å². The molecule has 0 saturated carbocycles. The average Bonchev–Trinajstić information content (AvgIpc) is 2.45. The maximum absolute atomic E-state index is 13.4. The van der Waals surface area contributed by atoms with E-state index in [0.29, 0.717) is 0 Å². The second kappa shape index (κ2) is 7.80. The Morgan fingerprint density at radius 1 is 1.19 bits per heavy atom. The van der Waals surface area contributed by atoms with E-state index in [0.717, 1.165) is 0 Å². The third-order valence-electron chi connectivity index (χ3n) is 2.04. The van der Waals surface area contributed by atoms with Gasteiger partial charge in [-0.1, -0.05) is 0 Å². The van der Waals surface area contributed by atoms with Crippen LogP contribution < -0.4 is 0 Å². The van der Waals surface area contributed by atoms with Gasteiger partial charge in [0.25, 0.3) is 0 Å². The number of carbonyl (C=O) groups is 3. The number of hydrogen-bond donors (Lipinski definition) is 3. The molecule has 0 aliphatic carbocycles. The lowest BCUT2D eigenvalue weighted by Crippen LogP contribution is -2.64. The molecule has 0 aliphatic rings. The highest BCUT2D eigenvalue weighted by Gasteiger charge is 2.64. The van der Waals surface area contributed by atoms with Gasteiger partial charge in [-0.25, -0.2) is 0 Å². The molecule has 0 fully saturated rings. The fourth-order valence-electron chi connectivity index (χ4n) is 1.03. The minimum atomic E-state index is -4.84. The van der Waals surface area contributed by atoms with Crippen molar-refractivity contribution in [2.45, 2.75) is 24.1 Å². The highest BCUT2D eigenvalue weighted by atomic mass is 35.5. The Labute approximate surface area is 126 Å². The van der Waals surface area contributed by atoms with Gasteiger partial charge in [0, 0.05) is 0 Å². The maximum Gasteiger partial charge on any atom is 0.368 e. The summed E-state index contributed by atoms with van der Waals surface area (Å²) in [5.74, 6) is -13.9. The lowest BCUT2D eigenvalue weighted by molar-refractivity contribution is -0.347. The van der Waals surface area contributed by atoms with Crippen molar-refractivity contribution in [2.24, 2.45) is 0 Å². The van der Waals surface area contributed by atoms with Gasteiger partial charge < -0.3 is 24.8 Å². The molecule has 12 heteroatoms. The number of aliphatic hydroxyl groups is 3. The van der Waals surface area contributed by atoms with Gasteiger partial charge >= 0.3 is 23.6 Å². The first-order chi connectivity index (χ1) is 9.55. The molecule has 0 bridgehead atoms. The van der Waals surface area contributed by atoms with E-state index < -0.39 is 54.1 Å². The Bertz CT molecular complexity index is 407. The summed E-state index contributed by atoms with van der Waals surface area (Å²) in [5.41, 5.74) is 0. The van der Waals surface area contributed by atoms with Crippen LogP contribution in [-0.2, 0) is 23.9 Å². The molecule has 0 rings (SSSR count). The van der Waals surface area contributed by atoms with Crippen LogP contribution in [0.1, 0.15) is 0 Å². The molecule has 0 aromatic rings. The number of halogens is 4. The van der Waals surface area contributed by atoms with Gasteiger partial charge in [-0.05, 0) is 0 Å². The molecule has 0 heterocycles. The quantitative estimate of drug-likeness (QED) is 0.213. The summed E-state index contributed by atoms with van der Waals surface area (Å²) >= 11 is 9.98. The predicted molar refractivity (Wildman–Crippen MR) is 61.6 cm³/mol. The molecule has 0 aliphatic heterocycles. The second-order valence-electron chi connectivity index (χ2n) is 3.50. The topological polar surface area (TPSA) is 130 Å². The Morgan fingerprint density at radius 3 is 2.05 bits per heavy atom. The van der Waals surface area contributed by atoms with Crippen molar-refractivity contribution >= 4 is 41.4 Å². The summed E-state index contributed by atoms with van der Waals surface area (Å²) in [7, 11) is 0. The highest BCUT2D eigenvalue weighted by Crippen LogP contribution is 2.33. The molecule has 8 nitrogen and oxygen atoms in total. The Hall–Kier alpha value is -1.07. The van der Waals surface area contributed by atoms with Crippen LogP contribution in [0.4, 0.5) is 8.78 Å². The lowest BCUT2D eigenvalue weighted by atomic mass is 10.0. The molecule has 0 spiro atoms. The third-order valence-corrected chi connectivity index (χ3v) is 2.47. The fourth-order valence-corrected chi connectivity index (χ4v) is 1.15. The van der Waals surface area contributed by atoms with Gasteiger partial charge in [0.05, 0.1) is 0 Å². The molecular formula is C9H10Cl2F2O8. The molecule has 0 aromatic heterocycles. The van der Waals surface area contributed by atoms with Crippen LogP contribution in [0.5, 0.6) is 0 Å². The zero-order valence-electron chi connectivity index (χ0n) is 10.0. The van der Waals surface area contributed by atoms with E-state index in [4.69, 9.17) is 23.2 Å². The van der Waals surface area contributed by atoms with Gasteiger partial charge in [0.15, 0.2) is 12.4 Å². The summed E-state index contributed by atoms with van der Waals surface area (Å²) in [5, 5.41) is 28.2. The van der Waals surface area contributed by atoms with Crippen molar-refractivity contribution in [2.75, 3.05) is 11.8 Å². The van der Waals surface area contributed by atoms with E-state index in [9.17, 15) is 38.5 Å². The number of esters is 2. The third kappa shape index (κ3) is 4.71. The smallest absolute Gasteiger partial charge is 0.368 e. The largest absolute Gasteiger partial charge is 0.432 e. The fraction of sp³-hybridized carbons (Fsp3) is 0.667. The SMILES string of the molecule is O=CC(F)(F)[C@](O)(OC(=O)CCl)[C@H](O)C(O)OC(=O)CCl. The molecule has 0 amide bonds. The van der Waals surface area contributed by atoms with Gasteiger partial charge in [0.1, 0.15) is 11.8 Å². The molecule has 3 atom stereocenters. The lowest BCUT2D eigenvalue weighted by Gasteiger charge is -2.36. The van der Waals surface area contributed by atoms with E-state index in [1.165, 1.54) is 0 Å². The van der Waals surface area contributed by atoms with Crippen LogP contribution in [0.2, 0.25) is 0 Å². The molecule has 122 valence electrons. The minimum Gasteiger partial charge on any atom is -0.432 e. The molecular weight excluding hydrogens is 345 g/mol. The van der Waals surface area contributed by atoms with Crippen molar-refractivity contribution in [3.05, 3.63) is 0 Å². The standard InChI is InChI=1S/C9H10Cl2F2O8/c10-1-4(15)20-7(18)6(17)9(19,8(12,13)3-14)21-5(16)2-11/h3,6-7,17-19H,1-2H2/t6-,7?,9-/m1/s1. The van der Waals surface area contributed by atoms with Crippen molar-refractivity contribution in [1.29, 1.82) is 0 Å². The monoisotopic (exact) mass is 354 g/mol. The predicted octanol–water partition coefficient (Wildman–Crippen LogP) is -1.25. The number of aldehydes is 1. The van der Waals surface area contributed by atoms with Gasteiger partial charge in [-0.3, -0.25) is 14.4 Å². The van der Waals surface area contributed by atoms with Crippen molar-refractivity contribution in [3.8, 4) is 0 Å². The van der Waals surface area contributed by atoms with Crippen molar-refractivity contribution < 1.29 is 48.0 Å². The van der Waals surface area contributed by atoms with E-state index >= 15 is 0 Å². The molecule has 0 radical (unpaired) electrons. The first kappa shape index (κ1) is 19.9. The van der Waals surface area contributed by atoms with Crippen LogP contribution in [0.15, 0.2) is 0 Å². The number of carbonyl (C=O) groups excluding carboxylic acids is 3. The van der Waals surface area contributed by atoms with Crippen LogP contribution in [0.3, 0.4) is 0 Å². The zero-order valence-corrected chi connectivity index (χ0v) is 11.6. The van der Waals surface area contributed by atoms with Crippen molar-refractivity contribution in [3.63, 3.8) is 0 Å². The van der Waals surface area contributed by atoms with E-state index in [1.54, 1.807) is 0 Å². The summed E-state index contributed by atoms with van der Waals surface area (Å²) in [6, 6.07) is 0. The normalized spacial score (nSPS) is 17.3. The van der Waals surface area contributed by atoms with Gasteiger partial charge in [-0.2, -0.15) is 8.78 Å². The van der Waals surface area contributed by atoms with E-state index in [2.05, 4.69) is 9.47 Å². The minimum absolute atomic E-state index is 0.812. The zero-order chi connectivity index (χ0) is 16.8. The number of aliphatic hydroxyl groups excluding tert-OH is 2. The van der Waals surface area contributed by atoms with Crippen LogP contribution in [-0.4, -0.2) is 69.4 Å². The van der Waals surface area contributed by atoms with E-state index in [1.807, 2.05) is 0 Å². The van der Waals surface area contributed by atoms with Crippen LogP contribution in [0, 0.1) is 0 Å². The second-order valence-corrected chi connectivity index (χ2v) is 4.04. The van der Waals surface area contributed by atoms with Gasteiger partial charge in [-0.15, -0.1) is 23.2 Å². The summed E-state index contributed by atoms with van der Waals surface area (Å²) in [6.45, 7) is 0. The van der Waals surface area contributed by atoms with Crippen LogP contribution in [0.25, 0.3) is 0 Å². The molecule has 3 N–H and O–H groups in total. The number of ether oxygens (including phenoxy) is 2. The number of rotatable bonds is 8. The Morgan fingerprint density at radius 2 is 1.67 bits per heavy atom. The number of alkyl halides is 4.